The van der Waals surface area contributed by atoms with Crippen LogP contribution in [-0.2, 0) is 0 Å². The third-order valence-electron chi connectivity index (χ3n) is 4.14. The fraction of sp³-hybridized carbons (Fsp3) is 1.00. The minimum Gasteiger partial charge on any atom is -0.393 e. The second kappa shape index (κ2) is 7.27. The van der Waals surface area contributed by atoms with Crippen LogP contribution in [-0.4, -0.2) is 11.2 Å². The molecule has 1 nitrogen and oxygen atoms in total. The van der Waals surface area contributed by atoms with Gasteiger partial charge < -0.3 is 5.11 Å². The summed E-state index contributed by atoms with van der Waals surface area (Å²) in [5.41, 5.74) is 0. The van der Waals surface area contributed by atoms with Crippen molar-refractivity contribution in [1.82, 2.24) is 0 Å². The van der Waals surface area contributed by atoms with Crippen LogP contribution in [0.4, 0.5) is 0 Å². The van der Waals surface area contributed by atoms with E-state index in [1.807, 2.05) is 0 Å². The van der Waals surface area contributed by atoms with Gasteiger partial charge in [-0.15, -0.1) is 0 Å². The lowest BCUT2D eigenvalue weighted by Gasteiger charge is -2.18. The molecule has 0 radical (unpaired) electrons. The minimum absolute atomic E-state index is 0.0319. The van der Waals surface area contributed by atoms with Crippen LogP contribution >= 0.6 is 0 Å². The third-order valence-corrected chi connectivity index (χ3v) is 4.14. The summed E-state index contributed by atoms with van der Waals surface area (Å²) in [5.74, 6) is 1.67. The van der Waals surface area contributed by atoms with Gasteiger partial charge in [0.05, 0.1) is 6.10 Å². The van der Waals surface area contributed by atoms with E-state index < -0.39 is 0 Å². The average molecular weight is 212 g/mol. The van der Waals surface area contributed by atoms with E-state index in [-0.39, 0.29) is 6.10 Å². The summed E-state index contributed by atoms with van der Waals surface area (Å²) in [6, 6.07) is 0. The monoisotopic (exact) mass is 212 g/mol. The molecule has 15 heavy (non-hydrogen) atoms. The molecule has 0 heterocycles. The van der Waals surface area contributed by atoms with Crippen molar-refractivity contribution >= 4 is 0 Å². The Labute approximate surface area is 95.3 Å². The molecule has 1 atom stereocenters. The van der Waals surface area contributed by atoms with E-state index in [0.29, 0.717) is 0 Å². The molecule has 1 saturated carbocycles. The van der Waals surface area contributed by atoms with Crippen molar-refractivity contribution in [3.8, 4) is 0 Å². The Morgan fingerprint density at radius 1 is 1.13 bits per heavy atom. The van der Waals surface area contributed by atoms with Crippen LogP contribution in [0, 0.1) is 11.8 Å². The highest BCUT2D eigenvalue weighted by Crippen LogP contribution is 2.29. The lowest BCUT2D eigenvalue weighted by molar-refractivity contribution is 0.122. The normalized spacial score (nSPS) is 20.0. The quantitative estimate of drug-likeness (QED) is 0.672. The molecule has 1 unspecified atom stereocenters. The third kappa shape index (κ3) is 5.01. The fourth-order valence-electron chi connectivity index (χ4n) is 2.85. The SMILES string of the molecule is CCC(CC)CC(O)CCC1CCCC1. The molecule has 1 heteroatoms. The second-order valence-corrected chi connectivity index (χ2v) is 5.30. The van der Waals surface area contributed by atoms with Crippen molar-refractivity contribution in [3.63, 3.8) is 0 Å². The number of hydrogen-bond donors (Lipinski definition) is 1. The van der Waals surface area contributed by atoms with Crippen molar-refractivity contribution in [1.29, 1.82) is 0 Å². The summed E-state index contributed by atoms with van der Waals surface area (Å²) in [6.07, 6.45) is 11.4. The maximum atomic E-state index is 9.94. The topological polar surface area (TPSA) is 20.2 Å². The lowest BCUT2D eigenvalue weighted by atomic mass is 9.92. The summed E-state index contributed by atoms with van der Waals surface area (Å²) >= 11 is 0. The van der Waals surface area contributed by atoms with Crippen molar-refractivity contribution in [3.05, 3.63) is 0 Å². The lowest BCUT2D eigenvalue weighted by Crippen LogP contribution is -2.14. The zero-order valence-electron chi connectivity index (χ0n) is 10.5. The van der Waals surface area contributed by atoms with Gasteiger partial charge in [0.15, 0.2) is 0 Å². The van der Waals surface area contributed by atoms with E-state index in [2.05, 4.69) is 13.8 Å². The first-order chi connectivity index (χ1) is 7.26. The first kappa shape index (κ1) is 13.0. The highest BCUT2D eigenvalue weighted by Gasteiger charge is 2.17. The fourth-order valence-corrected chi connectivity index (χ4v) is 2.85. The molecule has 0 aliphatic heterocycles. The number of aliphatic hydroxyl groups is 1. The van der Waals surface area contributed by atoms with E-state index in [4.69, 9.17) is 0 Å². The Hall–Kier alpha value is -0.0400. The Kier molecular flexibility index (Phi) is 6.31. The molecule has 90 valence electrons. The van der Waals surface area contributed by atoms with Gasteiger partial charge in [0, 0.05) is 0 Å². The highest BCUT2D eigenvalue weighted by atomic mass is 16.3. The predicted octanol–water partition coefficient (Wildman–Crippen LogP) is 4.14. The van der Waals surface area contributed by atoms with Gasteiger partial charge in [-0.2, -0.15) is 0 Å². The van der Waals surface area contributed by atoms with Crippen LogP contribution in [0.15, 0.2) is 0 Å². The zero-order chi connectivity index (χ0) is 11.1. The van der Waals surface area contributed by atoms with Crippen molar-refractivity contribution in [2.75, 3.05) is 0 Å². The molecule has 0 spiro atoms. The molecule has 1 rings (SSSR count). The van der Waals surface area contributed by atoms with Crippen molar-refractivity contribution in [2.45, 2.75) is 77.7 Å². The van der Waals surface area contributed by atoms with Gasteiger partial charge in [-0.05, 0) is 31.1 Å². The van der Waals surface area contributed by atoms with Gasteiger partial charge in [-0.25, -0.2) is 0 Å². The highest BCUT2D eigenvalue weighted by molar-refractivity contribution is 4.70. The maximum absolute atomic E-state index is 9.94. The molecule has 1 N–H and O–H groups in total. The Balaban J connectivity index is 2.08. The zero-order valence-corrected chi connectivity index (χ0v) is 10.5. The molecule has 0 aromatic rings. The van der Waals surface area contributed by atoms with Crippen molar-refractivity contribution < 1.29 is 5.11 Å². The van der Waals surface area contributed by atoms with Gasteiger partial charge in [-0.1, -0.05) is 52.4 Å². The van der Waals surface area contributed by atoms with Crippen LogP contribution in [0.2, 0.25) is 0 Å². The van der Waals surface area contributed by atoms with Gasteiger partial charge in [-0.3, -0.25) is 0 Å². The molecular formula is C14H28O. The van der Waals surface area contributed by atoms with Gasteiger partial charge in [0.1, 0.15) is 0 Å². The summed E-state index contributed by atoms with van der Waals surface area (Å²) in [5, 5.41) is 9.94. The molecule has 1 aliphatic rings. The smallest absolute Gasteiger partial charge is 0.0543 e. The molecule has 0 saturated heterocycles. The standard InChI is InChI=1S/C14H28O/c1-3-12(4-2)11-14(15)10-9-13-7-5-6-8-13/h12-15H,3-11H2,1-2H3. The summed E-state index contributed by atoms with van der Waals surface area (Å²) in [6.45, 7) is 4.47. The largest absolute Gasteiger partial charge is 0.393 e. The molecule has 0 aromatic heterocycles. The molecular weight excluding hydrogens is 184 g/mol. The average Bonchev–Trinajstić information content (AvgIpc) is 2.75. The Morgan fingerprint density at radius 2 is 1.73 bits per heavy atom. The van der Waals surface area contributed by atoms with E-state index in [1.165, 1.54) is 44.9 Å². The molecule has 1 fully saturated rings. The second-order valence-electron chi connectivity index (χ2n) is 5.30. The summed E-state index contributed by atoms with van der Waals surface area (Å²) in [4.78, 5) is 0. The molecule has 1 aliphatic carbocycles. The van der Waals surface area contributed by atoms with E-state index in [0.717, 1.165) is 24.7 Å². The predicted molar refractivity (Wildman–Crippen MR) is 65.9 cm³/mol. The van der Waals surface area contributed by atoms with Gasteiger partial charge >= 0.3 is 0 Å². The maximum Gasteiger partial charge on any atom is 0.0543 e. The molecule has 0 aromatic carbocycles. The Bertz CT molecular complexity index is 145. The summed E-state index contributed by atoms with van der Waals surface area (Å²) < 4.78 is 0. The van der Waals surface area contributed by atoms with Gasteiger partial charge in [0.25, 0.3) is 0 Å². The van der Waals surface area contributed by atoms with Crippen LogP contribution in [0.3, 0.4) is 0 Å². The number of hydrogen-bond acceptors (Lipinski definition) is 1. The molecule has 0 amide bonds. The van der Waals surface area contributed by atoms with E-state index in [9.17, 15) is 5.11 Å². The van der Waals surface area contributed by atoms with E-state index in [1.54, 1.807) is 0 Å². The molecule has 0 bridgehead atoms. The summed E-state index contributed by atoms with van der Waals surface area (Å²) in [7, 11) is 0. The van der Waals surface area contributed by atoms with Crippen molar-refractivity contribution in [2.24, 2.45) is 11.8 Å². The number of rotatable bonds is 7. The van der Waals surface area contributed by atoms with Crippen LogP contribution < -0.4 is 0 Å². The first-order valence-electron chi connectivity index (χ1n) is 6.94. The van der Waals surface area contributed by atoms with Gasteiger partial charge in [0.2, 0.25) is 0 Å². The Morgan fingerprint density at radius 3 is 2.27 bits per heavy atom. The van der Waals surface area contributed by atoms with E-state index >= 15 is 0 Å². The number of aliphatic hydroxyl groups excluding tert-OH is 1. The van der Waals surface area contributed by atoms with Crippen LogP contribution in [0.1, 0.15) is 71.6 Å². The first-order valence-corrected chi connectivity index (χ1v) is 6.94. The van der Waals surface area contributed by atoms with Crippen LogP contribution in [0.25, 0.3) is 0 Å². The minimum atomic E-state index is -0.0319. The van der Waals surface area contributed by atoms with Crippen LogP contribution in [0.5, 0.6) is 0 Å².